The molecule has 45 heavy (non-hydrogen) atoms. The highest BCUT2D eigenvalue weighted by Crippen LogP contribution is 2.34. The molecule has 8 nitrogen and oxygen atoms in total. The number of likely N-dealkylation sites (N-methyl/N-ethyl adjacent to an activating group) is 1. The molecule has 1 saturated heterocycles. The van der Waals surface area contributed by atoms with Crippen LogP contribution in [0.25, 0.3) is 0 Å². The normalized spacial score (nSPS) is 22.2. The van der Waals surface area contributed by atoms with E-state index in [-0.39, 0.29) is 53.7 Å². The van der Waals surface area contributed by atoms with E-state index in [0.29, 0.717) is 24.3 Å². The molecule has 11 heteroatoms. The fraction of sp³-hybridized carbons (Fsp3) is 0.382. The average molecular weight is 622 g/mol. The van der Waals surface area contributed by atoms with Crippen molar-refractivity contribution in [2.24, 2.45) is 0 Å². The Morgan fingerprint density at radius 3 is 2.36 bits per heavy atom. The molecule has 0 bridgehead atoms. The highest BCUT2D eigenvalue weighted by molar-refractivity contribution is 6.05. The largest absolute Gasteiger partial charge is 0.490 e. The van der Waals surface area contributed by atoms with Crippen molar-refractivity contribution in [2.75, 3.05) is 19.0 Å². The number of nitrogens with one attached hydrogen (secondary N) is 2. The molecule has 0 saturated carbocycles. The number of hydrogen-bond acceptors (Lipinski definition) is 5. The number of amides is 3. The summed E-state index contributed by atoms with van der Waals surface area (Å²) >= 11 is 0. The van der Waals surface area contributed by atoms with Crippen molar-refractivity contribution in [3.05, 3.63) is 94.5 Å². The van der Waals surface area contributed by atoms with Crippen LogP contribution in [0, 0.1) is 0 Å². The fourth-order valence-electron chi connectivity index (χ4n) is 6.61. The summed E-state index contributed by atoms with van der Waals surface area (Å²) in [5.41, 5.74) is 1.90. The molecule has 3 atom stereocenters. The van der Waals surface area contributed by atoms with Crippen LogP contribution in [0.2, 0.25) is 0 Å². The summed E-state index contributed by atoms with van der Waals surface area (Å²) in [5, 5.41) is 5.86. The number of fused-ring (bicyclic) bond motifs is 3. The van der Waals surface area contributed by atoms with Crippen LogP contribution in [0.4, 0.5) is 18.9 Å². The van der Waals surface area contributed by atoms with Crippen LogP contribution in [0.5, 0.6) is 5.75 Å². The monoisotopic (exact) mass is 621 g/mol. The van der Waals surface area contributed by atoms with Crippen LogP contribution < -0.4 is 15.4 Å². The number of hydrogen-bond donors (Lipinski definition) is 2. The average Bonchev–Trinajstić information content (AvgIpc) is 3.34. The number of rotatable bonds is 5. The second-order valence-electron chi connectivity index (χ2n) is 12.3. The van der Waals surface area contributed by atoms with Gasteiger partial charge in [-0.1, -0.05) is 24.3 Å². The van der Waals surface area contributed by atoms with E-state index in [1.165, 1.54) is 17.2 Å². The molecule has 2 N–H and O–H groups in total. The van der Waals surface area contributed by atoms with Crippen LogP contribution in [0.1, 0.15) is 63.6 Å². The van der Waals surface area contributed by atoms with Crippen molar-refractivity contribution < 1.29 is 37.0 Å². The van der Waals surface area contributed by atoms with Gasteiger partial charge in [0, 0.05) is 23.8 Å². The van der Waals surface area contributed by atoms with Gasteiger partial charge < -0.3 is 25.0 Å². The summed E-state index contributed by atoms with van der Waals surface area (Å²) in [6.07, 6.45) is -2.26. The van der Waals surface area contributed by atoms with Crippen LogP contribution in [-0.4, -0.2) is 60.1 Å². The summed E-state index contributed by atoms with van der Waals surface area (Å²) in [5.74, 6) is -0.687. The lowest BCUT2D eigenvalue weighted by Crippen LogP contribution is -2.54. The Hall–Kier alpha value is -4.38. The number of nitrogens with zero attached hydrogens (tertiary/aromatic N) is 1. The van der Waals surface area contributed by atoms with Crippen LogP contribution in [0.3, 0.4) is 0 Å². The quantitative estimate of drug-likeness (QED) is 0.398. The van der Waals surface area contributed by atoms with Crippen molar-refractivity contribution in [1.82, 2.24) is 10.2 Å². The number of halogens is 3. The third-order valence-electron chi connectivity index (χ3n) is 8.88. The number of ether oxygens (including phenoxy) is 2. The van der Waals surface area contributed by atoms with Crippen LogP contribution in [0.15, 0.2) is 66.7 Å². The summed E-state index contributed by atoms with van der Waals surface area (Å²) in [7, 11) is 1.69. The van der Waals surface area contributed by atoms with Gasteiger partial charge in [-0.25, -0.2) is 0 Å². The molecule has 2 heterocycles. The predicted molar refractivity (Wildman–Crippen MR) is 160 cm³/mol. The molecule has 3 aliphatic rings. The molecule has 3 aromatic rings. The zero-order valence-electron chi connectivity index (χ0n) is 24.9. The first-order valence-electron chi connectivity index (χ1n) is 14.9. The van der Waals surface area contributed by atoms with Crippen molar-refractivity contribution >= 4 is 23.4 Å². The highest BCUT2D eigenvalue weighted by Gasteiger charge is 2.40. The Morgan fingerprint density at radius 1 is 1.00 bits per heavy atom. The minimum Gasteiger partial charge on any atom is -0.490 e. The second kappa shape index (κ2) is 11.8. The molecule has 236 valence electrons. The number of carbonyl (C=O) groups excluding carboxylic acids is 3. The maximum Gasteiger partial charge on any atom is 0.416 e. The molecule has 0 spiro atoms. The zero-order valence-corrected chi connectivity index (χ0v) is 24.9. The minimum atomic E-state index is -4.50. The van der Waals surface area contributed by atoms with Gasteiger partial charge in [0.2, 0.25) is 5.91 Å². The van der Waals surface area contributed by atoms with Crippen molar-refractivity contribution in [1.29, 1.82) is 0 Å². The third-order valence-corrected chi connectivity index (χ3v) is 8.88. The van der Waals surface area contributed by atoms with Crippen molar-refractivity contribution in [2.45, 2.75) is 69.0 Å². The molecular weight excluding hydrogens is 587 g/mol. The molecule has 3 amide bonds. The molecule has 6 rings (SSSR count). The van der Waals surface area contributed by atoms with E-state index in [0.717, 1.165) is 37.1 Å². The molecule has 0 unspecified atom stereocenters. The first kappa shape index (κ1) is 30.6. The van der Waals surface area contributed by atoms with Gasteiger partial charge in [0.25, 0.3) is 11.8 Å². The standard InChI is InChI=1S/C34H34F3N3O5/c1-33(17-21-5-3-4-6-22(21)18-33)39-30(41)16-25-12-13-27-29(45-25)19-44-28-14-11-24(15-26(28)32(43)40(27)2)38-31(42)20-7-9-23(10-8-20)34(35,36)37/h3-11,14-15,25,27,29H,12-13,16-19H2,1-2H3,(H,38,42)(H,39,41)/t25-,27-,29-/m0/s1. The summed E-state index contributed by atoms with van der Waals surface area (Å²) in [4.78, 5) is 41.0. The molecule has 0 radical (unpaired) electrons. The Labute approximate surface area is 258 Å². The van der Waals surface area contributed by atoms with Gasteiger partial charge in [-0.05, 0) is 86.2 Å². The first-order chi connectivity index (χ1) is 21.4. The molecule has 2 aliphatic heterocycles. The molecule has 1 aliphatic carbocycles. The zero-order chi connectivity index (χ0) is 31.9. The lowest BCUT2D eigenvalue weighted by molar-refractivity contribution is -0.137. The topological polar surface area (TPSA) is 97.0 Å². The number of alkyl halides is 3. The van der Waals surface area contributed by atoms with Gasteiger partial charge in [-0.3, -0.25) is 14.4 Å². The Morgan fingerprint density at radius 2 is 1.69 bits per heavy atom. The van der Waals surface area contributed by atoms with Gasteiger partial charge in [-0.15, -0.1) is 0 Å². The van der Waals surface area contributed by atoms with E-state index < -0.39 is 23.8 Å². The number of benzene rings is 3. The predicted octanol–water partition coefficient (Wildman–Crippen LogP) is 5.40. The third kappa shape index (κ3) is 6.54. The van der Waals surface area contributed by atoms with Gasteiger partial charge in [-0.2, -0.15) is 13.2 Å². The van der Waals surface area contributed by atoms with E-state index in [1.54, 1.807) is 24.1 Å². The maximum absolute atomic E-state index is 13.6. The van der Waals surface area contributed by atoms with Gasteiger partial charge in [0.05, 0.1) is 29.7 Å². The van der Waals surface area contributed by atoms with E-state index in [1.807, 2.05) is 12.1 Å². The SMILES string of the molecule is CN1C(=O)c2cc(NC(=O)c3ccc(C(F)(F)F)cc3)ccc2OC[C@@H]2O[C@H](CC(=O)NC3(C)Cc4ccccc4C3)CC[C@@H]21. The van der Waals surface area contributed by atoms with Gasteiger partial charge in [0.1, 0.15) is 18.5 Å². The molecule has 0 aromatic heterocycles. The molecular formula is C34H34F3N3O5. The van der Waals surface area contributed by atoms with Crippen LogP contribution >= 0.6 is 0 Å². The maximum atomic E-state index is 13.6. The van der Waals surface area contributed by atoms with Crippen molar-refractivity contribution in [3.8, 4) is 5.75 Å². The van der Waals surface area contributed by atoms with Gasteiger partial charge in [0.15, 0.2) is 0 Å². The summed E-state index contributed by atoms with van der Waals surface area (Å²) in [6.45, 7) is 2.23. The Balaban J connectivity index is 1.08. The smallest absolute Gasteiger partial charge is 0.416 e. The van der Waals surface area contributed by atoms with E-state index in [9.17, 15) is 27.6 Å². The fourth-order valence-corrected chi connectivity index (χ4v) is 6.61. The lowest BCUT2D eigenvalue weighted by atomic mass is 9.93. The van der Waals surface area contributed by atoms with Gasteiger partial charge >= 0.3 is 6.18 Å². The Kier molecular flexibility index (Phi) is 8.07. The van der Waals surface area contributed by atoms with E-state index >= 15 is 0 Å². The van der Waals surface area contributed by atoms with E-state index in [4.69, 9.17) is 9.47 Å². The van der Waals surface area contributed by atoms with Crippen LogP contribution in [-0.2, 0) is 28.5 Å². The number of carbonyl (C=O) groups is 3. The van der Waals surface area contributed by atoms with Crippen molar-refractivity contribution in [3.63, 3.8) is 0 Å². The molecule has 1 fully saturated rings. The summed E-state index contributed by atoms with van der Waals surface area (Å²) in [6, 6.07) is 16.5. The summed E-state index contributed by atoms with van der Waals surface area (Å²) < 4.78 is 51.0. The number of anilines is 1. The van der Waals surface area contributed by atoms with E-state index in [2.05, 4.69) is 29.7 Å². The highest BCUT2D eigenvalue weighted by atomic mass is 19.4. The Bertz CT molecular complexity index is 1600. The minimum absolute atomic E-state index is 0.0438. The second-order valence-corrected chi connectivity index (χ2v) is 12.3. The lowest BCUT2D eigenvalue weighted by Gasteiger charge is -2.42. The molecule has 3 aromatic carbocycles. The first-order valence-corrected chi connectivity index (χ1v) is 14.9.